The molecule has 0 bridgehead atoms. The van der Waals surface area contributed by atoms with E-state index >= 15 is 0 Å². The number of hydrogen-bond donors (Lipinski definition) is 2. The molecule has 0 aromatic carbocycles. The van der Waals surface area contributed by atoms with Crippen molar-refractivity contribution < 1.29 is 115 Å². The van der Waals surface area contributed by atoms with Crippen LogP contribution in [0.3, 0.4) is 0 Å². The van der Waals surface area contributed by atoms with Gasteiger partial charge in [-0.25, -0.2) is 4.74 Å². The first-order valence-corrected chi connectivity index (χ1v) is 15.3. The first kappa shape index (κ1) is 47.7. The molecule has 0 aliphatic rings. The Morgan fingerprint density at radius 2 is 0.918 bits per heavy atom. The molecule has 0 radical (unpaired) electrons. The maximum atomic E-state index is 14.2. The number of carboxylic acid groups (broad SMARTS) is 1. The van der Waals surface area contributed by atoms with E-state index in [-0.39, 0.29) is 32.1 Å². The molecule has 0 rings (SSSR count). The van der Waals surface area contributed by atoms with Crippen molar-refractivity contribution in [2.24, 2.45) is 0 Å². The summed E-state index contributed by atoms with van der Waals surface area (Å²) in [6, 6.07) is 0. The standard InChI is InChI=1S/C21H21F20IO6S/c22-12(23,9-10(42)7-5-3-1-2-4-6-8-11(43)44)13(24,25)14(26,27)15(28,29)16(30,31)17(32,33)18(34,35)19(36,37)48-20(38,39)21(40,41)49(45,46)47/h10H,1-9H2,(H,43,44)(H,45,46,47). The zero-order chi connectivity index (χ0) is 39.7. The Morgan fingerprint density at radius 3 is 1.31 bits per heavy atom. The average molecular weight is 908 g/mol. The fraction of sp³-hybridized carbons (Fsp3) is 0.952. The lowest BCUT2D eigenvalue weighted by Gasteiger charge is -2.44. The van der Waals surface area contributed by atoms with Gasteiger partial charge in [-0.3, -0.25) is 9.35 Å². The molecule has 0 saturated heterocycles. The molecular weight excluding hydrogens is 887 g/mol. The van der Waals surface area contributed by atoms with Crippen LogP contribution in [0.5, 0.6) is 0 Å². The highest BCUT2D eigenvalue weighted by molar-refractivity contribution is 14.1. The van der Waals surface area contributed by atoms with Gasteiger partial charge >= 0.3 is 75.0 Å². The largest absolute Gasteiger partial charge is 0.481 e. The third kappa shape index (κ3) is 9.01. The quantitative estimate of drug-likeness (QED) is 0.0369. The fourth-order valence-corrected chi connectivity index (χ4v) is 4.83. The molecule has 6 nitrogen and oxygen atoms in total. The van der Waals surface area contributed by atoms with Crippen molar-refractivity contribution in [3.63, 3.8) is 0 Å². The molecule has 0 amide bonds. The van der Waals surface area contributed by atoms with Gasteiger partial charge in [0.05, 0.1) is 0 Å². The summed E-state index contributed by atoms with van der Waals surface area (Å²) in [7, 11) is -7.75. The van der Waals surface area contributed by atoms with Gasteiger partial charge < -0.3 is 5.11 Å². The van der Waals surface area contributed by atoms with Crippen LogP contribution < -0.4 is 0 Å². The molecule has 1 atom stereocenters. The summed E-state index contributed by atoms with van der Waals surface area (Å²) < 4.78 is 303. The normalized spacial score (nSPS) is 16.2. The van der Waals surface area contributed by atoms with Crippen LogP contribution >= 0.6 is 22.6 Å². The zero-order valence-electron chi connectivity index (χ0n) is 23.3. The van der Waals surface area contributed by atoms with Gasteiger partial charge in [0, 0.05) is 16.8 Å². The summed E-state index contributed by atoms with van der Waals surface area (Å²) in [6.45, 7) is 0. The van der Waals surface area contributed by atoms with E-state index in [1.807, 2.05) is 0 Å². The Morgan fingerprint density at radius 1 is 0.571 bits per heavy atom. The highest BCUT2D eigenvalue weighted by atomic mass is 127. The van der Waals surface area contributed by atoms with Crippen molar-refractivity contribution in [1.82, 2.24) is 0 Å². The van der Waals surface area contributed by atoms with Crippen LogP contribution in [-0.2, 0) is 19.6 Å². The van der Waals surface area contributed by atoms with Crippen LogP contribution in [0.4, 0.5) is 87.8 Å². The second-order valence-corrected chi connectivity index (χ2v) is 13.4. The Bertz CT molecular complexity index is 1240. The third-order valence-electron chi connectivity index (χ3n) is 6.35. The van der Waals surface area contributed by atoms with Gasteiger partial charge in [-0.1, -0.05) is 54.7 Å². The predicted octanol–water partition coefficient (Wildman–Crippen LogP) is 9.52. The van der Waals surface area contributed by atoms with Crippen LogP contribution in [0.25, 0.3) is 0 Å². The predicted molar refractivity (Wildman–Crippen MR) is 129 cm³/mol. The van der Waals surface area contributed by atoms with Crippen molar-refractivity contribution >= 4 is 38.7 Å². The van der Waals surface area contributed by atoms with Crippen LogP contribution in [0, 0.1) is 0 Å². The highest BCUT2D eigenvalue weighted by Crippen LogP contribution is 2.65. The molecule has 0 aliphatic carbocycles. The first-order chi connectivity index (χ1) is 21.3. The van der Waals surface area contributed by atoms with Crippen molar-refractivity contribution in [3.8, 4) is 0 Å². The number of halogens is 21. The minimum absolute atomic E-state index is 0.103. The van der Waals surface area contributed by atoms with Gasteiger partial charge in [0.15, 0.2) is 0 Å². The lowest BCUT2D eigenvalue weighted by atomic mass is 9.87. The van der Waals surface area contributed by atoms with Gasteiger partial charge in [-0.05, 0) is 12.8 Å². The molecule has 1 unspecified atom stereocenters. The molecule has 49 heavy (non-hydrogen) atoms. The van der Waals surface area contributed by atoms with Gasteiger partial charge in [0.2, 0.25) is 0 Å². The number of rotatable bonds is 22. The first-order valence-electron chi connectivity index (χ1n) is 12.6. The third-order valence-corrected chi connectivity index (χ3v) is 8.30. The SMILES string of the molecule is O=C(O)CCCCCCCCC(I)CC(F)(F)C(F)(F)C(F)(F)C(F)(F)C(F)(F)C(F)(F)C(F)(F)C(F)(F)OC(F)(F)C(F)(F)S(=O)(=O)O. The summed E-state index contributed by atoms with van der Waals surface area (Å²) in [5.74, 6) is -60.3. The summed E-state index contributed by atoms with van der Waals surface area (Å²) in [4.78, 5) is 10.4. The van der Waals surface area contributed by atoms with E-state index in [0.717, 1.165) is 27.3 Å². The van der Waals surface area contributed by atoms with Crippen molar-refractivity contribution in [3.05, 3.63) is 0 Å². The minimum Gasteiger partial charge on any atom is -0.481 e. The van der Waals surface area contributed by atoms with Gasteiger partial charge in [-0.2, -0.15) is 96.2 Å². The molecule has 0 aliphatic heterocycles. The minimum atomic E-state index is -9.12. The molecule has 0 aromatic heterocycles. The van der Waals surface area contributed by atoms with E-state index < -0.39 is 91.8 Å². The zero-order valence-corrected chi connectivity index (χ0v) is 26.3. The number of carboxylic acids is 1. The summed E-state index contributed by atoms with van der Waals surface area (Å²) in [5.41, 5.74) is 0. The second-order valence-electron chi connectivity index (χ2n) is 10.1. The highest BCUT2D eigenvalue weighted by Gasteiger charge is 2.95. The van der Waals surface area contributed by atoms with Crippen LogP contribution in [0.15, 0.2) is 0 Å². The van der Waals surface area contributed by atoms with E-state index in [1.54, 1.807) is 0 Å². The topological polar surface area (TPSA) is 101 Å². The molecule has 0 heterocycles. The average Bonchev–Trinajstić information content (AvgIpc) is 2.87. The molecule has 28 heteroatoms. The second kappa shape index (κ2) is 15.0. The maximum absolute atomic E-state index is 14.2. The number of unbranched alkanes of at least 4 members (excludes halogenated alkanes) is 5. The van der Waals surface area contributed by atoms with E-state index in [2.05, 4.69) is 0 Å². The molecular formula is C21H21F20IO6S. The fourth-order valence-electron chi connectivity index (χ4n) is 3.49. The maximum Gasteiger partial charge on any atom is 0.460 e. The van der Waals surface area contributed by atoms with Crippen LogP contribution in [0.1, 0.15) is 57.8 Å². The van der Waals surface area contributed by atoms with Gasteiger partial charge in [0.25, 0.3) is 0 Å². The number of ether oxygens (including phenoxy) is 1. The smallest absolute Gasteiger partial charge is 0.460 e. The molecule has 0 saturated carbocycles. The van der Waals surface area contributed by atoms with Crippen molar-refractivity contribution in [2.45, 2.75) is 121 Å². The monoisotopic (exact) mass is 908 g/mol. The summed E-state index contributed by atoms with van der Waals surface area (Å²) in [5, 5.41) is 0.932. The Kier molecular flexibility index (Phi) is 14.6. The molecule has 2 N–H and O–H groups in total. The van der Waals surface area contributed by atoms with E-state index in [4.69, 9.17) is 9.66 Å². The van der Waals surface area contributed by atoms with Crippen LogP contribution in [-0.4, -0.2) is 86.9 Å². The molecule has 294 valence electrons. The van der Waals surface area contributed by atoms with Gasteiger partial charge in [-0.15, -0.1) is 0 Å². The summed E-state index contributed by atoms with van der Waals surface area (Å²) >= 11 is 0.863. The Hall–Kier alpha value is -1.33. The van der Waals surface area contributed by atoms with E-state index in [0.29, 0.717) is 12.8 Å². The van der Waals surface area contributed by atoms with Gasteiger partial charge in [0.1, 0.15) is 0 Å². The van der Waals surface area contributed by atoms with Crippen molar-refractivity contribution in [1.29, 1.82) is 0 Å². The Labute approximate surface area is 274 Å². The van der Waals surface area contributed by atoms with Crippen molar-refractivity contribution in [2.75, 3.05) is 0 Å². The lowest BCUT2D eigenvalue weighted by Crippen LogP contribution is -2.75. The lowest BCUT2D eigenvalue weighted by molar-refractivity contribution is -0.504. The number of carbonyl (C=O) groups is 1. The van der Waals surface area contributed by atoms with Crippen LogP contribution in [0.2, 0.25) is 0 Å². The number of hydrogen-bond acceptors (Lipinski definition) is 4. The summed E-state index contributed by atoms with van der Waals surface area (Å²) in [6.07, 6.45) is -18.6. The molecule has 0 aromatic rings. The number of aliphatic carboxylic acids is 1. The molecule has 0 fully saturated rings. The Balaban J connectivity index is 6.27. The van der Waals surface area contributed by atoms with E-state index in [1.165, 1.54) is 0 Å². The molecule has 0 spiro atoms. The van der Waals surface area contributed by atoms with E-state index in [9.17, 15) is 101 Å². The number of alkyl halides is 21.